The van der Waals surface area contributed by atoms with Crippen LogP contribution in [-0.2, 0) is 15.0 Å². The van der Waals surface area contributed by atoms with Gasteiger partial charge in [0.15, 0.2) is 0 Å². The lowest BCUT2D eigenvalue weighted by molar-refractivity contribution is 0.366. The second-order valence-corrected chi connectivity index (χ2v) is 6.85. The molecular weight excluding hydrogens is 324 g/mol. The molecule has 1 saturated carbocycles. The summed E-state index contributed by atoms with van der Waals surface area (Å²) in [6.45, 7) is 0. The van der Waals surface area contributed by atoms with Crippen molar-refractivity contribution in [2.45, 2.75) is 50.4 Å². The highest BCUT2D eigenvalue weighted by atomic mass is 16.1. The highest BCUT2D eigenvalue weighted by Gasteiger charge is 2.34. The predicted molar refractivity (Wildman–Crippen MR) is 102 cm³/mol. The second kappa shape index (κ2) is 8.53. The molecule has 2 aromatic rings. The maximum absolute atomic E-state index is 10.5. The Morgan fingerprint density at radius 1 is 0.615 bits per heavy atom. The normalized spacial score (nSPS) is 16.5. The van der Waals surface area contributed by atoms with Crippen molar-refractivity contribution in [2.24, 2.45) is 9.98 Å². The summed E-state index contributed by atoms with van der Waals surface area (Å²) in [4.78, 5) is 28.4. The molecule has 1 aliphatic carbocycles. The first-order valence-corrected chi connectivity index (χ1v) is 9.15. The van der Waals surface area contributed by atoms with Gasteiger partial charge < -0.3 is 0 Å². The molecule has 0 spiro atoms. The van der Waals surface area contributed by atoms with Gasteiger partial charge in [-0.15, -0.1) is 0 Å². The third-order valence-corrected chi connectivity index (χ3v) is 5.40. The Balaban J connectivity index is 2.05. The van der Waals surface area contributed by atoms with Crippen molar-refractivity contribution >= 4 is 23.5 Å². The minimum absolute atomic E-state index is 0.0622. The van der Waals surface area contributed by atoms with Gasteiger partial charge in [-0.25, -0.2) is 9.59 Å². The van der Waals surface area contributed by atoms with E-state index in [1.54, 1.807) is 12.2 Å². The maximum Gasteiger partial charge on any atom is 0.240 e. The minimum atomic E-state index is -0.0622. The van der Waals surface area contributed by atoms with Crippen LogP contribution in [0.1, 0.15) is 56.1 Å². The Morgan fingerprint density at radius 2 is 1.00 bits per heavy atom. The van der Waals surface area contributed by atoms with Gasteiger partial charge in [0.25, 0.3) is 0 Å². The highest BCUT2D eigenvalue weighted by molar-refractivity contribution is 5.53. The van der Waals surface area contributed by atoms with E-state index in [2.05, 4.69) is 34.3 Å². The van der Waals surface area contributed by atoms with Gasteiger partial charge in [0.1, 0.15) is 0 Å². The average molecular weight is 346 g/mol. The first-order chi connectivity index (χ1) is 12.8. The van der Waals surface area contributed by atoms with Gasteiger partial charge in [0.2, 0.25) is 12.2 Å². The predicted octanol–water partition coefficient (Wildman–Crippen LogP) is 5.65. The van der Waals surface area contributed by atoms with Crippen LogP contribution >= 0.6 is 0 Å². The highest BCUT2D eigenvalue weighted by Crippen LogP contribution is 2.44. The topological polar surface area (TPSA) is 58.9 Å². The summed E-state index contributed by atoms with van der Waals surface area (Å²) >= 11 is 0. The lowest BCUT2D eigenvalue weighted by atomic mass is 9.67. The van der Waals surface area contributed by atoms with Crippen LogP contribution in [-0.4, -0.2) is 12.2 Å². The number of hydrogen-bond acceptors (Lipinski definition) is 4. The monoisotopic (exact) mass is 346 g/mol. The maximum atomic E-state index is 10.5. The third kappa shape index (κ3) is 3.88. The molecule has 0 atom stereocenters. The van der Waals surface area contributed by atoms with Crippen LogP contribution in [0.25, 0.3) is 0 Å². The summed E-state index contributed by atoms with van der Waals surface area (Å²) in [7, 11) is 0. The molecule has 0 bridgehead atoms. The number of rotatable bonds is 4. The van der Waals surface area contributed by atoms with Gasteiger partial charge in [-0.3, -0.25) is 0 Å². The van der Waals surface area contributed by atoms with Gasteiger partial charge in [-0.1, -0.05) is 56.4 Å². The third-order valence-electron chi connectivity index (χ3n) is 5.40. The molecule has 132 valence electrons. The molecule has 4 nitrogen and oxygen atoms in total. The van der Waals surface area contributed by atoms with Gasteiger partial charge in [0.05, 0.1) is 11.4 Å². The van der Waals surface area contributed by atoms with Crippen LogP contribution in [0, 0.1) is 0 Å². The van der Waals surface area contributed by atoms with E-state index in [-0.39, 0.29) is 5.41 Å². The average Bonchev–Trinajstić information content (AvgIpc) is 2.64. The number of hydrogen-bond donors (Lipinski definition) is 0. The fraction of sp³-hybridized carbons (Fsp3) is 0.364. The Hall–Kier alpha value is -2.80. The van der Waals surface area contributed by atoms with Crippen LogP contribution in [0.15, 0.2) is 58.5 Å². The van der Waals surface area contributed by atoms with E-state index in [1.165, 1.54) is 43.2 Å². The van der Waals surface area contributed by atoms with Crippen LogP contribution in [0.5, 0.6) is 0 Å². The lowest BCUT2D eigenvalue weighted by Crippen LogP contribution is -2.28. The molecule has 3 rings (SSSR count). The van der Waals surface area contributed by atoms with E-state index in [0.717, 1.165) is 12.8 Å². The molecule has 0 heterocycles. The van der Waals surface area contributed by atoms with Crippen LogP contribution in [0.2, 0.25) is 0 Å². The number of benzene rings is 2. The summed E-state index contributed by atoms with van der Waals surface area (Å²) < 4.78 is 0. The molecule has 0 aromatic heterocycles. The quantitative estimate of drug-likeness (QED) is 0.530. The first kappa shape index (κ1) is 18.0. The van der Waals surface area contributed by atoms with Crippen molar-refractivity contribution in [1.82, 2.24) is 0 Å². The molecule has 0 unspecified atom stereocenters. The zero-order chi connectivity index (χ0) is 18.2. The van der Waals surface area contributed by atoms with Gasteiger partial charge in [-0.2, -0.15) is 9.98 Å². The molecule has 0 aliphatic heterocycles. The Bertz CT molecular complexity index is 756. The van der Waals surface area contributed by atoms with Gasteiger partial charge in [-0.05, 0) is 48.2 Å². The fourth-order valence-corrected chi connectivity index (χ4v) is 4.07. The molecule has 2 aromatic carbocycles. The zero-order valence-electron chi connectivity index (χ0n) is 14.8. The van der Waals surface area contributed by atoms with Gasteiger partial charge in [0, 0.05) is 5.41 Å². The molecule has 0 radical (unpaired) electrons. The molecule has 26 heavy (non-hydrogen) atoms. The van der Waals surface area contributed by atoms with Crippen LogP contribution in [0.4, 0.5) is 11.4 Å². The van der Waals surface area contributed by atoms with E-state index in [1.807, 2.05) is 24.3 Å². The van der Waals surface area contributed by atoms with Gasteiger partial charge >= 0.3 is 0 Å². The molecule has 0 amide bonds. The summed E-state index contributed by atoms with van der Waals surface area (Å²) in [5.41, 5.74) is 3.68. The van der Waals surface area contributed by atoms with E-state index < -0.39 is 0 Å². The molecule has 1 aliphatic rings. The van der Waals surface area contributed by atoms with E-state index in [4.69, 9.17) is 0 Å². The number of nitrogens with zero attached hydrogens (tertiary/aromatic N) is 2. The number of aliphatic imine (C=N–C) groups is 2. The fourth-order valence-electron chi connectivity index (χ4n) is 4.07. The number of isocyanates is 2. The summed E-state index contributed by atoms with van der Waals surface area (Å²) in [5.74, 6) is 0. The van der Waals surface area contributed by atoms with Crippen LogP contribution in [0.3, 0.4) is 0 Å². The smallest absolute Gasteiger partial charge is 0.211 e. The van der Waals surface area contributed by atoms with Crippen molar-refractivity contribution in [1.29, 1.82) is 0 Å². The molecule has 4 heteroatoms. The summed E-state index contributed by atoms with van der Waals surface area (Å²) in [6.07, 6.45) is 11.5. The SMILES string of the molecule is O=C=Nc1ccc(C2(c3ccc(N=C=O)cc3)CCCCCCC2)cc1. The largest absolute Gasteiger partial charge is 0.240 e. The number of carbonyl (C=O) groups excluding carboxylic acids is 2. The molecular formula is C22H22N2O2. The van der Waals surface area contributed by atoms with Crippen molar-refractivity contribution in [3.05, 3.63) is 59.7 Å². The van der Waals surface area contributed by atoms with E-state index >= 15 is 0 Å². The Labute approximate surface area is 153 Å². The molecule has 0 saturated heterocycles. The summed E-state index contributed by atoms with van der Waals surface area (Å²) in [6, 6.07) is 15.8. The Kier molecular flexibility index (Phi) is 5.91. The van der Waals surface area contributed by atoms with E-state index in [9.17, 15) is 9.59 Å². The molecule has 0 N–H and O–H groups in total. The van der Waals surface area contributed by atoms with E-state index in [0.29, 0.717) is 11.4 Å². The zero-order valence-corrected chi connectivity index (χ0v) is 14.8. The van der Waals surface area contributed by atoms with Crippen molar-refractivity contribution in [3.8, 4) is 0 Å². The molecule has 1 fully saturated rings. The first-order valence-electron chi connectivity index (χ1n) is 9.15. The van der Waals surface area contributed by atoms with Crippen molar-refractivity contribution in [2.75, 3.05) is 0 Å². The second-order valence-electron chi connectivity index (χ2n) is 6.85. The van der Waals surface area contributed by atoms with Crippen molar-refractivity contribution in [3.63, 3.8) is 0 Å². The van der Waals surface area contributed by atoms with Crippen molar-refractivity contribution < 1.29 is 9.59 Å². The summed E-state index contributed by atoms with van der Waals surface area (Å²) in [5, 5.41) is 0. The minimum Gasteiger partial charge on any atom is -0.211 e. The standard InChI is InChI=1S/C22H22N2O2/c25-16-23-20-10-6-18(7-11-20)22(14-4-2-1-3-5-15-22)19-8-12-21(13-9-19)24-17-26/h6-13H,1-5,14-15H2. The Morgan fingerprint density at radius 3 is 1.38 bits per heavy atom. The van der Waals surface area contributed by atoms with Crippen LogP contribution < -0.4 is 0 Å². The lowest BCUT2D eigenvalue weighted by Gasteiger charge is -2.37.